The van der Waals surface area contributed by atoms with Gasteiger partial charge in [0.25, 0.3) is 5.56 Å². The van der Waals surface area contributed by atoms with E-state index in [0.717, 1.165) is 5.56 Å². The second-order valence-corrected chi connectivity index (χ2v) is 7.43. The van der Waals surface area contributed by atoms with Crippen molar-refractivity contribution in [1.82, 2.24) is 29.2 Å². The molecule has 5 rings (SSSR count). The summed E-state index contributed by atoms with van der Waals surface area (Å²) in [6.45, 7) is 0.624. The van der Waals surface area contributed by atoms with E-state index in [-0.39, 0.29) is 24.1 Å². The van der Waals surface area contributed by atoms with Gasteiger partial charge < -0.3 is 13.8 Å². The molecule has 0 spiro atoms. The highest BCUT2D eigenvalue weighted by Gasteiger charge is 2.32. The van der Waals surface area contributed by atoms with E-state index in [0.29, 0.717) is 40.9 Å². The molecule has 9 nitrogen and oxygen atoms in total. The number of nitrogens with zero attached hydrogens (tertiary/aromatic N) is 6. The highest BCUT2D eigenvalue weighted by Crippen LogP contribution is 2.39. The molecule has 1 aliphatic rings. The Morgan fingerprint density at radius 1 is 1.24 bits per heavy atom. The van der Waals surface area contributed by atoms with Crippen molar-refractivity contribution >= 4 is 22.8 Å². The van der Waals surface area contributed by atoms with Gasteiger partial charge in [-0.2, -0.15) is 4.98 Å². The van der Waals surface area contributed by atoms with Crippen LogP contribution in [0.4, 0.5) is 0 Å². The zero-order chi connectivity index (χ0) is 20.0. The summed E-state index contributed by atoms with van der Waals surface area (Å²) in [6, 6.07) is 7.65. The Morgan fingerprint density at radius 3 is 2.93 bits per heavy atom. The third-order valence-corrected chi connectivity index (χ3v) is 5.45. The maximum absolute atomic E-state index is 12.6. The van der Waals surface area contributed by atoms with Crippen molar-refractivity contribution in [3.05, 3.63) is 69.6 Å². The van der Waals surface area contributed by atoms with Crippen LogP contribution in [0.5, 0.6) is 0 Å². The van der Waals surface area contributed by atoms with Crippen molar-refractivity contribution in [2.75, 3.05) is 6.61 Å². The average Bonchev–Trinajstić information content (AvgIpc) is 3.45. The Hall–Kier alpha value is -3.04. The highest BCUT2D eigenvalue weighted by molar-refractivity contribution is 6.31. The topological polar surface area (TPSA) is 101 Å². The fourth-order valence-electron chi connectivity index (χ4n) is 3.59. The Kier molecular flexibility index (Phi) is 4.40. The van der Waals surface area contributed by atoms with Crippen LogP contribution in [-0.2, 0) is 18.3 Å². The molecule has 0 amide bonds. The first kappa shape index (κ1) is 18.0. The van der Waals surface area contributed by atoms with Crippen molar-refractivity contribution in [1.29, 1.82) is 0 Å². The summed E-state index contributed by atoms with van der Waals surface area (Å²) >= 11 is 6.28. The van der Waals surface area contributed by atoms with Crippen LogP contribution in [0.2, 0.25) is 5.02 Å². The zero-order valence-corrected chi connectivity index (χ0v) is 16.3. The third-order valence-electron chi connectivity index (χ3n) is 5.10. The SMILES string of the molecule is Cn1cnc2ncn(Cc3nc([C@@H]4CO[C@@H](c5ccccc5Cl)C4)no3)c(=O)c21. The van der Waals surface area contributed by atoms with E-state index in [1.165, 1.54) is 10.9 Å². The van der Waals surface area contributed by atoms with Crippen molar-refractivity contribution in [3.63, 3.8) is 0 Å². The standard InChI is InChI=1S/C19H17ClN6O3/c1-25-9-21-18-16(25)19(27)26(10-22-18)7-15-23-17(24-29-15)11-6-14(28-8-11)12-4-2-3-5-13(12)20/h2-5,9-11,14H,6-8H2,1H3/t11-,14+/m0/s1. The Bertz CT molecular complexity index is 1250. The summed E-state index contributed by atoms with van der Waals surface area (Å²) in [4.78, 5) is 25.4. The number of aryl methyl sites for hydroxylation is 1. The lowest BCUT2D eigenvalue weighted by Crippen LogP contribution is -2.22. The zero-order valence-electron chi connectivity index (χ0n) is 15.5. The lowest BCUT2D eigenvalue weighted by Gasteiger charge is -2.10. The van der Waals surface area contributed by atoms with E-state index in [4.69, 9.17) is 20.9 Å². The van der Waals surface area contributed by atoms with Crippen LogP contribution < -0.4 is 5.56 Å². The monoisotopic (exact) mass is 412 g/mol. The maximum atomic E-state index is 12.6. The van der Waals surface area contributed by atoms with Gasteiger partial charge in [-0.25, -0.2) is 9.97 Å². The molecule has 0 aliphatic carbocycles. The predicted molar refractivity (Wildman–Crippen MR) is 104 cm³/mol. The lowest BCUT2D eigenvalue weighted by molar-refractivity contribution is 0.110. The van der Waals surface area contributed by atoms with Gasteiger partial charge in [0.2, 0.25) is 5.89 Å². The smallest absolute Gasteiger partial charge is 0.280 e. The molecule has 4 heterocycles. The number of ether oxygens (including phenoxy) is 1. The molecular formula is C19H17ClN6O3. The van der Waals surface area contributed by atoms with Crippen molar-refractivity contribution in [2.45, 2.75) is 25.0 Å². The van der Waals surface area contributed by atoms with E-state index < -0.39 is 0 Å². The molecular weight excluding hydrogens is 396 g/mol. The second kappa shape index (κ2) is 7.09. The summed E-state index contributed by atoms with van der Waals surface area (Å²) in [5.41, 5.74) is 1.59. The molecule has 4 aromatic rings. The number of hydrogen-bond acceptors (Lipinski definition) is 7. The number of hydrogen-bond donors (Lipinski definition) is 0. The van der Waals surface area contributed by atoms with E-state index >= 15 is 0 Å². The summed E-state index contributed by atoms with van der Waals surface area (Å²) in [5.74, 6) is 0.909. The molecule has 1 saturated heterocycles. The molecule has 0 unspecified atom stereocenters. The van der Waals surface area contributed by atoms with Gasteiger partial charge in [-0.3, -0.25) is 9.36 Å². The van der Waals surface area contributed by atoms with Gasteiger partial charge in [0.1, 0.15) is 12.9 Å². The van der Waals surface area contributed by atoms with Crippen LogP contribution in [0.25, 0.3) is 11.2 Å². The van der Waals surface area contributed by atoms with Crippen LogP contribution in [0, 0.1) is 0 Å². The van der Waals surface area contributed by atoms with Crippen molar-refractivity contribution < 1.29 is 9.26 Å². The Balaban J connectivity index is 1.34. The van der Waals surface area contributed by atoms with Gasteiger partial charge in [0, 0.05) is 18.0 Å². The van der Waals surface area contributed by atoms with Crippen LogP contribution in [0.1, 0.15) is 35.7 Å². The number of aromatic nitrogens is 6. The Labute approximate surface area is 169 Å². The number of benzene rings is 1. The molecule has 0 N–H and O–H groups in total. The molecule has 10 heteroatoms. The van der Waals surface area contributed by atoms with Gasteiger partial charge in [-0.05, 0) is 18.1 Å². The molecule has 2 atom stereocenters. The summed E-state index contributed by atoms with van der Waals surface area (Å²) in [6.07, 6.45) is 3.61. The summed E-state index contributed by atoms with van der Waals surface area (Å²) in [5, 5.41) is 4.78. The van der Waals surface area contributed by atoms with Gasteiger partial charge >= 0.3 is 0 Å². The normalized spacial score (nSPS) is 19.2. The van der Waals surface area contributed by atoms with E-state index in [2.05, 4.69) is 20.1 Å². The second-order valence-electron chi connectivity index (χ2n) is 7.03. The predicted octanol–water partition coefficient (Wildman–Crippen LogP) is 2.46. The molecule has 3 aromatic heterocycles. The van der Waals surface area contributed by atoms with Crippen LogP contribution in [-0.4, -0.2) is 35.8 Å². The van der Waals surface area contributed by atoms with Gasteiger partial charge in [0.15, 0.2) is 17.0 Å². The number of fused-ring (bicyclic) bond motifs is 1. The number of halogens is 1. The van der Waals surface area contributed by atoms with Crippen LogP contribution in [0.15, 0.2) is 46.2 Å². The minimum Gasteiger partial charge on any atom is -0.373 e. The van der Waals surface area contributed by atoms with E-state index in [9.17, 15) is 4.79 Å². The molecule has 0 radical (unpaired) electrons. The molecule has 0 saturated carbocycles. The summed E-state index contributed by atoms with van der Waals surface area (Å²) < 4.78 is 14.4. The van der Waals surface area contributed by atoms with Crippen molar-refractivity contribution in [3.8, 4) is 0 Å². The average molecular weight is 413 g/mol. The quantitative estimate of drug-likeness (QED) is 0.507. The lowest BCUT2D eigenvalue weighted by atomic mass is 10.00. The van der Waals surface area contributed by atoms with E-state index in [1.54, 1.807) is 17.9 Å². The van der Waals surface area contributed by atoms with Gasteiger partial charge in [-0.1, -0.05) is 35.0 Å². The minimum atomic E-state index is -0.210. The van der Waals surface area contributed by atoms with Gasteiger partial charge in [-0.15, -0.1) is 0 Å². The molecule has 1 aliphatic heterocycles. The largest absolute Gasteiger partial charge is 0.373 e. The molecule has 1 aromatic carbocycles. The first-order chi connectivity index (χ1) is 14.1. The minimum absolute atomic E-state index is 0.00294. The van der Waals surface area contributed by atoms with E-state index in [1.807, 2.05) is 24.3 Å². The third kappa shape index (κ3) is 3.22. The highest BCUT2D eigenvalue weighted by atomic mass is 35.5. The first-order valence-corrected chi connectivity index (χ1v) is 9.53. The molecule has 0 bridgehead atoms. The fraction of sp³-hybridized carbons (Fsp3) is 0.316. The number of rotatable bonds is 4. The fourth-order valence-corrected chi connectivity index (χ4v) is 3.85. The number of imidazole rings is 1. The maximum Gasteiger partial charge on any atom is 0.280 e. The Morgan fingerprint density at radius 2 is 2.07 bits per heavy atom. The van der Waals surface area contributed by atoms with Crippen molar-refractivity contribution in [2.24, 2.45) is 7.05 Å². The van der Waals surface area contributed by atoms with Crippen LogP contribution >= 0.6 is 11.6 Å². The molecule has 29 heavy (non-hydrogen) atoms. The van der Waals surface area contributed by atoms with Crippen LogP contribution in [0.3, 0.4) is 0 Å². The first-order valence-electron chi connectivity index (χ1n) is 9.15. The molecule has 1 fully saturated rings. The van der Waals surface area contributed by atoms with Gasteiger partial charge in [0.05, 0.1) is 19.0 Å². The molecule has 148 valence electrons. The summed E-state index contributed by atoms with van der Waals surface area (Å²) in [7, 11) is 1.75.